The molecule has 8 nitrogen and oxygen atoms in total. The maximum absolute atomic E-state index is 14.5. The lowest BCUT2D eigenvalue weighted by atomic mass is 10.1. The van der Waals surface area contributed by atoms with Crippen molar-refractivity contribution in [3.63, 3.8) is 0 Å². The van der Waals surface area contributed by atoms with Gasteiger partial charge in [-0.2, -0.15) is 4.98 Å². The number of nitrogens with one attached hydrogen (secondary N) is 1. The molecule has 0 saturated carbocycles. The zero-order valence-corrected chi connectivity index (χ0v) is 12.9. The molecule has 0 unspecified atom stereocenters. The minimum atomic E-state index is -0.710. The molecule has 0 spiro atoms. The van der Waals surface area contributed by atoms with Crippen LogP contribution < -0.4 is 10.5 Å². The molecule has 0 aliphatic rings. The third-order valence-electron chi connectivity index (χ3n) is 3.63. The van der Waals surface area contributed by atoms with E-state index >= 15 is 0 Å². The summed E-state index contributed by atoms with van der Waals surface area (Å²) in [5, 5.41) is 3.89. The van der Waals surface area contributed by atoms with Gasteiger partial charge >= 0.3 is 5.76 Å². The molecule has 4 rings (SSSR count). The van der Waals surface area contributed by atoms with Gasteiger partial charge in [0.25, 0.3) is 0 Å². The molecule has 0 aliphatic heterocycles. The summed E-state index contributed by atoms with van der Waals surface area (Å²) in [5.74, 6) is -0.306. The first kappa shape index (κ1) is 15.1. The van der Waals surface area contributed by atoms with Crippen molar-refractivity contribution in [1.29, 1.82) is 0 Å². The van der Waals surface area contributed by atoms with E-state index in [4.69, 9.17) is 13.7 Å². The molecule has 3 heterocycles. The van der Waals surface area contributed by atoms with Crippen LogP contribution in [0.15, 0.2) is 44.2 Å². The first-order chi connectivity index (χ1) is 12.1. The number of ether oxygens (including phenoxy) is 1. The Bertz CT molecular complexity index is 1110. The average Bonchev–Trinajstić information content (AvgIpc) is 3.24. The monoisotopic (exact) mass is 342 g/mol. The topological polar surface area (TPSA) is 107 Å². The van der Waals surface area contributed by atoms with Crippen molar-refractivity contribution < 1.29 is 18.1 Å². The predicted molar refractivity (Wildman–Crippen MR) is 83.7 cm³/mol. The minimum Gasteiger partial charge on any atom is -0.481 e. The number of oxazole rings is 1. The summed E-state index contributed by atoms with van der Waals surface area (Å²) in [4.78, 5) is 21.7. The van der Waals surface area contributed by atoms with E-state index in [0.717, 1.165) is 0 Å². The lowest BCUT2D eigenvalue weighted by Crippen LogP contribution is -1.96. The second kappa shape index (κ2) is 5.86. The van der Waals surface area contributed by atoms with Crippen LogP contribution in [-0.2, 0) is 6.42 Å². The highest BCUT2D eigenvalue weighted by molar-refractivity contribution is 5.73. The van der Waals surface area contributed by atoms with E-state index in [9.17, 15) is 9.18 Å². The van der Waals surface area contributed by atoms with Gasteiger partial charge < -0.3 is 13.7 Å². The number of benzene rings is 1. The number of rotatable bonds is 4. The van der Waals surface area contributed by atoms with E-state index in [1.54, 1.807) is 18.3 Å². The smallest absolute Gasteiger partial charge is 0.417 e. The van der Waals surface area contributed by atoms with Crippen LogP contribution in [0.2, 0.25) is 0 Å². The molecule has 0 saturated heterocycles. The Kier molecular flexibility index (Phi) is 3.53. The number of nitrogens with zero attached hydrogens (tertiary/aromatic N) is 3. The van der Waals surface area contributed by atoms with Gasteiger partial charge in [-0.1, -0.05) is 11.2 Å². The molecule has 0 atom stereocenters. The summed E-state index contributed by atoms with van der Waals surface area (Å²) in [7, 11) is 1.51. The maximum atomic E-state index is 14.5. The van der Waals surface area contributed by atoms with Gasteiger partial charge in [0.05, 0.1) is 13.5 Å². The molecule has 9 heteroatoms. The quantitative estimate of drug-likeness (QED) is 0.606. The van der Waals surface area contributed by atoms with E-state index in [1.807, 2.05) is 0 Å². The molecule has 126 valence electrons. The number of H-pyrrole nitrogens is 1. The van der Waals surface area contributed by atoms with Gasteiger partial charge in [-0.3, -0.25) is 4.98 Å². The lowest BCUT2D eigenvalue weighted by molar-refractivity contribution is 0.384. The zero-order chi connectivity index (χ0) is 17.4. The molecule has 25 heavy (non-hydrogen) atoms. The number of fused-ring (bicyclic) bond motifs is 1. The molecule has 0 aliphatic carbocycles. The van der Waals surface area contributed by atoms with Crippen molar-refractivity contribution >= 4 is 11.1 Å². The van der Waals surface area contributed by atoms with Gasteiger partial charge in [-0.05, 0) is 17.7 Å². The van der Waals surface area contributed by atoms with Gasteiger partial charge in [-0.25, -0.2) is 14.2 Å². The van der Waals surface area contributed by atoms with Crippen LogP contribution in [0.25, 0.3) is 22.5 Å². The fourth-order valence-electron chi connectivity index (χ4n) is 2.43. The summed E-state index contributed by atoms with van der Waals surface area (Å²) in [6, 6.07) is 6.39. The Morgan fingerprint density at radius 1 is 1.32 bits per heavy atom. The molecule has 0 bridgehead atoms. The van der Waals surface area contributed by atoms with Gasteiger partial charge in [0.2, 0.25) is 17.6 Å². The summed E-state index contributed by atoms with van der Waals surface area (Å²) in [5.41, 5.74) is 1.13. The van der Waals surface area contributed by atoms with Crippen LogP contribution in [0.3, 0.4) is 0 Å². The summed E-state index contributed by atoms with van der Waals surface area (Å²) in [6.07, 6.45) is 1.64. The van der Waals surface area contributed by atoms with Gasteiger partial charge in [0.15, 0.2) is 11.4 Å². The van der Waals surface area contributed by atoms with Crippen molar-refractivity contribution in [3.8, 4) is 17.3 Å². The molecule has 1 aromatic carbocycles. The van der Waals surface area contributed by atoms with E-state index in [1.165, 1.54) is 19.2 Å². The highest BCUT2D eigenvalue weighted by atomic mass is 19.1. The molecule has 0 fully saturated rings. The molecule has 0 radical (unpaired) electrons. The Morgan fingerprint density at radius 2 is 2.20 bits per heavy atom. The maximum Gasteiger partial charge on any atom is 0.417 e. The van der Waals surface area contributed by atoms with Crippen LogP contribution in [-0.4, -0.2) is 27.2 Å². The minimum absolute atomic E-state index is 0.0149. The van der Waals surface area contributed by atoms with E-state index < -0.39 is 11.6 Å². The summed E-state index contributed by atoms with van der Waals surface area (Å²) in [6.45, 7) is 0. The van der Waals surface area contributed by atoms with E-state index in [2.05, 4.69) is 20.1 Å². The van der Waals surface area contributed by atoms with Gasteiger partial charge in [0, 0.05) is 17.8 Å². The Hall–Kier alpha value is -3.49. The fourth-order valence-corrected chi connectivity index (χ4v) is 2.43. The fraction of sp³-hybridized carbons (Fsp3) is 0.125. The van der Waals surface area contributed by atoms with Crippen LogP contribution in [0.5, 0.6) is 5.88 Å². The first-order valence-electron chi connectivity index (χ1n) is 7.27. The first-order valence-corrected chi connectivity index (χ1v) is 7.27. The molecular formula is C16H11FN4O4. The van der Waals surface area contributed by atoms with Gasteiger partial charge in [-0.15, -0.1) is 0 Å². The third-order valence-corrected chi connectivity index (χ3v) is 3.63. The highest BCUT2D eigenvalue weighted by Crippen LogP contribution is 2.23. The Morgan fingerprint density at radius 3 is 3.04 bits per heavy atom. The molecule has 1 N–H and O–H groups in total. The van der Waals surface area contributed by atoms with Crippen LogP contribution >= 0.6 is 0 Å². The third kappa shape index (κ3) is 2.75. The van der Waals surface area contributed by atoms with Crippen LogP contribution in [0, 0.1) is 5.82 Å². The van der Waals surface area contributed by atoms with Crippen molar-refractivity contribution in [3.05, 3.63) is 58.3 Å². The Labute approximate surface area is 139 Å². The number of hydrogen-bond acceptors (Lipinski definition) is 7. The van der Waals surface area contributed by atoms with Crippen molar-refractivity contribution in [2.24, 2.45) is 0 Å². The average molecular weight is 342 g/mol. The number of aromatic nitrogens is 4. The predicted octanol–water partition coefficient (Wildman–Crippen LogP) is 2.30. The lowest BCUT2D eigenvalue weighted by Gasteiger charge is -2.00. The number of methoxy groups -OCH3 is 1. The zero-order valence-electron chi connectivity index (χ0n) is 12.9. The number of hydrogen-bond donors (Lipinski definition) is 1. The molecule has 3 aromatic heterocycles. The van der Waals surface area contributed by atoms with Gasteiger partial charge in [0.1, 0.15) is 5.52 Å². The SMILES string of the molecule is COc1cc(-c2noc(Cc3ccc4oc(=O)[nH]c4c3F)n2)ccn1. The molecule has 4 aromatic rings. The number of halogens is 1. The van der Waals surface area contributed by atoms with Crippen LogP contribution in [0.4, 0.5) is 4.39 Å². The van der Waals surface area contributed by atoms with E-state index in [0.29, 0.717) is 22.8 Å². The van der Waals surface area contributed by atoms with Crippen LogP contribution in [0.1, 0.15) is 11.5 Å². The second-order valence-corrected chi connectivity index (χ2v) is 5.20. The second-order valence-electron chi connectivity index (χ2n) is 5.20. The molecule has 0 amide bonds. The van der Waals surface area contributed by atoms with Crippen molar-refractivity contribution in [1.82, 2.24) is 20.1 Å². The van der Waals surface area contributed by atoms with Crippen molar-refractivity contribution in [2.45, 2.75) is 6.42 Å². The molecular weight excluding hydrogens is 331 g/mol. The number of pyridine rings is 1. The summed E-state index contributed by atoms with van der Waals surface area (Å²) < 4.78 is 29.5. The highest BCUT2D eigenvalue weighted by Gasteiger charge is 2.16. The van der Waals surface area contributed by atoms with E-state index in [-0.39, 0.29) is 23.4 Å². The number of aromatic amines is 1. The van der Waals surface area contributed by atoms with Crippen molar-refractivity contribution in [2.75, 3.05) is 7.11 Å². The largest absolute Gasteiger partial charge is 0.481 e. The summed E-state index contributed by atoms with van der Waals surface area (Å²) >= 11 is 0. The normalized spacial score (nSPS) is 11.1. The Balaban J connectivity index is 1.65. The standard InChI is InChI=1S/C16H11FN4O4/c1-23-11-7-9(4-5-18-11)15-19-12(25-21-15)6-8-2-3-10-14(13(8)17)20-16(22)24-10/h2-5,7H,6H2,1H3,(H,20,22).